The summed E-state index contributed by atoms with van der Waals surface area (Å²) in [7, 11) is 4.21. The lowest BCUT2D eigenvalue weighted by Crippen LogP contribution is -2.29. The van der Waals surface area contributed by atoms with Crippen LogP contribution in [0.3, 0.4) is 0 Å². The molecule has 1 aliphatic rings. The van der Waals surface area contributed by atoms with Gasteiger partial charge in [0.05, 0.1) is 16.6 Å². The van der Waals surface area contributed by atoms with E-state index >= 15 is 0 Å². The quantitative estimate of drug-likeness (QED) is 0.557. The zero-order valence-corrected chi connectivity index (χ0v) is 15.3. The van der Waals surface area contributed by atoms with Crippen molar-refractivity contribution in [2.45, 2.75) is 10.5 Å². The van der Waals surface area contributed by atoms with Crippen molar-refractivity contribution in [1.29, 1.82) is 0 Å². The molecule has 0 aliphatic carbocycles. The minimum absolute atomic E-state index is 0.272. The van der Waals surface area contributed by atoms with Crippen LogP contribution in [0.2, 0.25) is 0 Å². The molecule has 112 valence electrons. The summed E-state index contributed by atoms with van der Waals surface area (Å²) in [5, 5.41) is 0. The molecule has 3 heterocycles. The van der Waals surface area contributed by atoms with Gasteiger partial charge in [0.2, 0.25) is 0 Å². The third kappa shape index (κ3) is 3.37. The standard InChI is InChI=1S/C15H19IN4S/c1-19(2)5-6-20-9-13(18-10-20)14-7-12-15(21-14)11(8-16)3-4-17-12/h3-4,7,10,13H,5-6,8-9H2,1-2H3. The lowest BCUT2D eigenvalue weighted by Gasteiger charge is -2.18. The van der Waals surface area contributed by atoms with E-state index in [-0.39, 0.29) is 6.04 Å². The average Bonchev–Trinajstić information content (AvgIpc) is 3.10. The number of likely N-dealkylation sites (N-methyl/N-ethyl adjacent to an activating group) is 1. The van der Waals surface area contributed by atoms with Gasteiger partial charge in [0.25, 0.3) is 0 Å². The van der Waals surface area contributed by atoms with E-state index in [9.17, 15) is 0 Å². The SMILES string of the molecule is CN(C)CCN1C=NC(c2cc3nccc(CI)c3s2)C1. The number of rotatable bonds is 5. The maximum Gasteiger partial charge on any atom is 0.103 e. The maximum atomic E-state index is 4.68. The molecule has 0 N–H and O–H groups in total. The Balaban J connectivity index is 1.75. The molecule has 1 unspecified atom stereocenters. The fraction of sp³-hybridized carbons (Fsp3) is 0.467. The summed E-state index contributed by atoms with van der Waals surface area (Å²) in [6.07, 6.45) is 3.92. The number of hydrogen-bond acceptors (Lipinski definition) is 5. The van der Waals surface area contributed by atoms with Crippen molar-refractivity contribution >= 4 is 50.5 Å². The van der Waals surface area contributed by atoms with Crippen LogP contribution in [0.15, 0.2) is 23.3 Å². The van der Waals surface area contributed by atoms with Gasteiger partial charge in [-0.1, -0.05) is 22.6 Å². The summed E-state index contributed by atoms with van der Waals surface area (Å²) >= 11 is 4.27. The van der Waals surface area contributed by atoms with E-state index in [0.717, 1.165) is 29.6 Å². The predicted octanol–water partition coefficient (Wildman–Crippen LogP) is 3.18. The molecular formula is C15H19IN4S. The zero-order chi connectivity index (χ0) is 14.8. The van der Waals surface area contributed by atoms with Gasteiger partial charge in [-0.25, -0.2) is 0 Å². The van der Waals surface area contributed by atoms with Crippen LogP contribution in [-0.4, -0.2) is 54.9 Å². The molecule has 0 amide bonds. The van der Waals surface area contributed by atoms with E-state index in [0.29, 0.717) is 0 Å². The highest BCUT2D eigenvalue weighted by Crippen LogP contribution is 2.35. The zero-order valence-electron chi connectivity index (χ0n) is 12.3. The van der Waals surface area contributed by atoms with Gasteiger partial charge in [0.15, 0.2) is 0 Å². The minimum atomic E-state index is 0.272. The number of halogens is 1. The number of aliphatic imine (C=N–C) groups is 1. The van der Waals surface area contributed by atoms with E-state index < -0.39 is 0 Å². The van der Waals surface area contributed by atoms with Crippen molar-refractivity contribution in [2.24, 2.45) is 4.99 Å². The first-order chi connectivity index (χ1) is 10.2. The Bertz CT molecular complexity index is 652. The fourth-order valence-corrected chi connectivity index (χ4v) is 4.47. The van der Waals surface area contributed by atoms with Crippen LogP contribution in [0.5, 0.6) is 0 Å². The van der Waals surface area contributed by atoms with Gasteiger partial charge in [0.1, 0.15) is 6.04 Å². The topological polar surface area (TPSA) is 31.7 Å². The Morgan fingerprint density at radius 1 is 1.48 bits per heavy atom. The predicted molar refractivity (Wildman–Crippen MR) is 98.7 cm³/mol. The molecule has 0 fully saturated rings. The Morgan fingerprint density at radius 3 is 3.10 bits per heavy atom. The molecule has 3 rings (SSSR count). The van der Waals surface area contributed by atoms with Gasteiger partial charge in [-0.15, -0.1) is 11.3 Å². The maximum absolute atomic E-state index is 4.68. The number of alkyl halides is 1. The molecule has 1 aliphatic heterocycles. The van der Waals surface area contributed by atoms with Crippen molar-refractivity contribution in [3.8, 4) is 0 Å². The second-order valence-corrected chi connectivity index (χ2v) is 7.39. The Morgan fingerprint density at radius 2 is 2.33 bits per heavy atom. The van der Waals surface area contributed by atoms with Crippen molar-refractivity contribution in [1.82, 2.24) is 14.8 Å². The molecule has 0 radical (unpaired) electrons. The lowest BCUT2D eigenvalue weighted by atomic mass is 10.2. The van der Waals surface area contributed by atoms with E-state index in [1.807, 2.05) is 23.9 Å². The molecule has 4 nitrogen and oxygen atoms in total. The van der Waals surface area contributed by atoms with Crippen LogP contribution >= 0.6 is 33.9 Å². The summed E-state index contributed by atoms with van der Waals surface area (Å²) in [4.78, 5) is 15.0. The summed E-state index contributed by atoms with van der Waals surface area (Å²) in [6, 6.07) is 4.61. The number of hydrogen-bond donors (Lipinski definition) is 0. The molecule has 2 aromatic rings. The molecule has 1 atom stereocenters. The molecule has 2 aromatic heterocycles. The number of thiophene rings is 1. The van der Waals surface area contributed by atoms with Gasteiger partial charge < -0.3 is 9.80 Å². The molecular weight excluding hydrogens is 395 g/mol. The summed E-state index contributed by atoms with van der Waals surface area (Å²) in [5.74, 6) is 0. The van der Waals surface area contributed by atoms with Crippen LogP contribution in [-0.2, 0) is 4.43 Å². The fourth-order valence-electron chi connectivity index (χ4n) is 2.41. The number of pyridine rings is 1. The number of aromatic nitrogens is 1. The first kappa shape index (κ1) is 15.2. The van der Waals surface area contributed by atoms with Gasteiger partial charge in [-0.05, 0) is 31.8 Å². The first-order valence-electron chi connectivity index (χ1n) is 7.02. The van der Waals surface area contributed by atoms with E-state index in [4.69, 9.17) is 0 Å². The van der Waals surface area contributed by atoms with E-state index in [2.05, 4.69) is 68.6 Å². The van der Waals surface area contributed by atoms with Crippen LogP contribution in [0.1, 0.15) is 16.5 Å². The highest BCUT2D eigenvalue weighted by Gasteiger charge is 2.21. The summed E-state index contributed by atoms with van der Waals surface area (Å²) in [6.45, 7) is 3.08. The minimum Gasteiger partial charge on any atom is -0.359 e. The van der Waals surface area contributed by atoms with Crippen molar-refractivity contribution in [3.63, 3.8) is 0 Å². The van der Waals surface area contributed by atoms with Gasteiger partial charge >= 0.3 is 0 Å². The molecule has 0 saturated heterocycles. The first-order valence-corrected chi connectivity index (χ1v) is 9.37. The molecule has 0 spiro atoms. The molecule has 6 heteroatoms. The van der Waals surface area contributed by atoms with Crippen LogP contribution < -0.4 is 0 Å². The van der Waals surface area contributed by atoms with Gasteiger partial charge in [-0.3, -0.25) is 9.98 Å². The molecule has 21 heavy (non-hydrogen) atoms. The summed E-state index contributed by atoms with van der Waals surface area (Å²) in [5.41, 5.74) is 2.49. The lowest BCUT2D eigenvalue weighted by molar-refractivity contribution is 0.338. The number of fused-ring (bicyclic) bond motifs is 1. The second kappa shape index (κ2) is 6.58. The largest absolute Gasteiger partial charge is 0.359 e. The van der Waals surface area contributed by atoms with Crippen LogP contribution in [0.4, 0.5) is 0 Å². The molecule has 0 bridgehead atoms. The summed E-state index contributed by atoms with van der Waals surface area (Å²) < 4.78 is 2.35. The van der Waals surface area contributed by atoms with Crippen molar-refractivity contribution < 1.29 is 0 Å². The monoisotopic (exact) mass is 414 g/mol. The Labute approximate surface area is 143 Å². The second-order valence-electron chi connectivity index (χ2n) is 5.55. The molecule has 0 saturated carbocycles. The van der Waals surface area contributed by atoms with Gasteiger partial charge in [0, 0.05) is 35.1 Å². The van der Waals surface area contributed by atoms with Crippen LogP contribution in [0.25, 0.3) is 10.2 Å². The Kier molecular flexibility index (Phi) is 4.75. The molecule has 0 aromatic carbocycles. The normalized spacial score (nSPS) is 18.3. The van der Waals surface area contributed by atoms with Crippen molar-refractivity contribution in [3.05, 3.63) is 28.8 Å². The third-order valence-electron chi connectivity index (χ3n) is 3.64. The Hall–Kier alpha value is -0.730. The van der Waals surface area contributed by atoms with E-state index in [1.165, 1.54) is 15.1 Å². The number of nitrogens with zero attached hydrogens (tertiary/aromatic N) is 4. The highest BCUT2D eigenvalue weighted by atomic mass is 127. The van der Waals surface area contributed by atoms with Gasteiger partial charge in [-0.2, -0.15) is 0 Å². The van der Waals surface area contributed by atoms with Crippen molar-refractivity contribution in [2.75, 3.05) is 33.7 Å². The highest BCUT2D eigenvalue weighted by molar-refractivity contribution is 14.1. The average molecular weight is 414 g/mol. The third-order valence-corrected chi connectivity index (χ3v) is 5.76. The smallest absolute Gasteiger partial charge is 0.103 e. The van der Waals surface area contributed by atoms with Crippen LogP contribution in [0, 0.1) is 0 Å². The van der Waals surface area contributed by atoms with E-state index in [1.54, 1.807) is 0 Å².